The number of aliphatic hydroxyl groups excluding tert-OH is 1. The number of hydrogen-bond donors (Lipinski definition) is 2. The zero-order valence-corrected chi connectivity index (χ0v) is 23.2. The number of esters is 1. The second-order valence-corrected chi connectivity index (χ2v) is 12.4. The number of hydrogen-bond acceptors (Lipinski definition) is 6. The highest BCUT2D eigenvalue weighted by molar-refractivity contribution is 7.92. The van der Waals surface area contributed by atoms with Crippen LogP contribution in [0.2, 0.25) is 0 Å². The SMILES string of the molecule is CCCC1(CCc2ccccc2)CC(O)=C(C(c2cccc(NS(=O)(=O)c3cn(C)cn3)c2)C2CC2)C(=O)O1. The maximum absolute atomic E-state index is 13.6. The minimum atomic E-state index is -3.87. The maximum Gasteiger partial charge on any atom is 0.338 e. The lowest BCUT2D eigenvalue weighted by atomic mass is 9.79. The van der Waals surface area contributed by atoms with E-state index >= 15 is 0 Å². The number of nitrogens with zero attached hydrogens (tertiary/aromatic N) is 2. The van der Waals surface area contributed by atoms with E-state index in [1.54, 1.807) is 29.8 Å². The summed E-state index contributed by atoms with van der Waals surface area (Å²) in [4.78, 5) is 17.5. The monoisotopic (exact) mass is 549 g/mol. The number of carbonyl (C=O) groups excluding carboxylic acids is 1. The summed E-state index contributed by atoms with van der Waals surface area (Å²) < 4.78 is 36.0. The Hall–Kier alpha value is -3.59. The fraction of sp³-hybridized carbons (Fsp3) is 0.400. The lowest BCUT2D eigenvalue weighted by Gasteiger charge is -2.39. The smallest absolute Gasteiger partial charge is 0.338 e. The van der Waals surface area contributed by atoms with Crippen LogP contribution in [0.4, 0.5) is 5.69 Å². The minimum absolute atomic E-state index is 0.0758. The Morgan fingerprint density at radius 1 is 1.15 bits per heavy atom. The van der Waals surface area contributed by atoms with Gasteiger partial charge in [-0.3, -0.25) is 4.72 Å². The molecule has 0 amide bonds. The molecule has 0 radical (unpaired) electrons. The number of sulfonamides is 1. The third-order valence-corrected chi connectivity index (χ3v) is 8.87. The predicted octanol–water partition coefficient (Wildman–Crippen LogP) is 5.65. The Kier molecular flexibility index (Phi) is 7.53. The molecule has 2 unspecified atom stereocenters. The van der Waals surface area contributed by atoms with Crippen LogP contribution in [-0.2, 0) is 33.0 Å². The molecule has 2 N–H and O–H groups in total. The van der Waals surface area contributed by atoms with Gasteiger partial charge in [-0.05, 0) is 61.3 Å². The highest BCUT2D eigenvalue weighted by Crippen LogP contribution is 2.50. The predicted molar refractivity (Wildman–Crippen MR) is 149 cm³/mol. The van der Waals surface area contributed by atoms with Crippen molar-refractivity contribution in [3.63, 3.8) is 0 Å². The normalized spacial score (nSPS) is 20.5. The number of rotatable bonds is 11. The average Bonchev–Trinajstić information content (AvgIpc) is 3.63. The fourth-order valence-electron chi connectivity index (χ4n) is 5.62. The molecule has 1 fully saturated rings. The molecule has 0 bridgehead atoms. The molecule has 1 aromatic heterocycles. The Labute approximate surface area is 229 Å². The van der Waals surface area contributed by atoms with Crippen LogP contribution in [0.3, 0.4) is 0 Å². The molecular weight excluding hydrogens is 514 g/mol. The summed E-state index contributed by atoms with van der Waals surface area (Å²) >= 11 is 0. The van der Waals surface area contributed by atoms with Crippen LogP contribution >= 0.6 is 0 Å². The topological polar surface area (TPSA) is 111 Å². The van der Waals surface area contributed by atoms with Gasteiger partial charge in [0.1, 0.15) is 11.4 Å². The number of anilines is 1. The van der Waals surface area contributed by atoms with Crippen LogP contribution in [-0.4, -0.2) is 34.6 Å². The van der Waals surface area contributed by atoms with E-state index < -0.39 is 21.6 Å². The second kappa shape index (κ2) is 10.9. The molecule has 2 aliphatic rings. The van der Waals surface area contributed by atoms with Crippen molar-refractivity contribution in [2.75, 3.05) is 4.72 Å². The van der Waals surface area contributed by atoms with Crippen LogP contribution in [0, 0.1) is 5.92 Å². The van der Waals surface area contributed by atoms with E-state index in [2.05, 4.69) is 28.8 Å². The number of nitrogens with one attached hydrogen (secondary N) is 1. The Morgan fingerprint density at radius 3 is 2.56 bits per heavy atom. The van der Waals surface area contributed by atoms with Gasteiger partial charge >= 0.3 is 5.97 Å². The first-order valence-corrected chi connectivity index (χ1v) is 15.0. The van der Waals surface area contributed by atoms with Gasteiger partial charge in [0.15, 0.2) is 5.03 Å². The minimum Gasteiger partial charge on any atom is -0.512 e. The molecule has 2 heterocycles. The van der Waals surface area contributed by atoms with Crippen molar-refractivity contribution < 1.29 is 23.1 Å². The summed E-state index contributed by atoms with van der Waals surface area (Å²) in [6, 6.07) is 17.1. The number of imidazole rings is 1. The Bertz CT molecular complexity index is 1480. The first-order valence-electron chi connectivity index (χ1n) is 13.5. The van der Waals surface area contributed by atoms with Gasteiger partial charge in [-0.1, -0.05) is 55.8 Å². The Morgan fingerprint density at radius 2 is 1.92 bits per heavy atom. The summed E-state index contributed by atoms with van der Waals surface area (Å²) in [5.41, 5.74) is 1.86. The zero-order valence-electron chi connectivity index (χ0n) is 22.3. The summed E-state index contributed by atoms with van der Waals surface area (Å²) in [5.74, 6) is -0.577. The number of aryl methyl sites for hydroxylation is 2. The van der Waals surface area contributed by atoms with E-state index in [1.165, 1.54) is 18.1 Å². The van der Waals surface area contributed by atoms with Gasteiger partial charge in [0.05, 0.1) is 11.9 Å². The van der Waals surface area contributed by atoms with Crippen molar-refractivity contribution in [1.29, 1.82) is 0 Å². The van der Waals surface area contributed by atoms with Gasteiger partial charge < -0.3 is 14.4 Å². The first kappa shape index (κ1) is 27.0. The third-order valence-electron chi connectivity index (χ3n) is 7.61. The molecule has 9 heteroatoms. The molecule has 39 heavy (non-hydrogen) atoms. The molecule has 2 aromatic carbocycles. The number of aromatic nitrogens is 2. The van der Waals surface area contributed by atoms with Gasteiger partial charge in [0.2, 0.25) is 0 Å². The van der Waals surface area contributed by atoms with Crippen LogP contribution < -0.4 is 4.72 Å². The van der Waals surface area contributed by atoms with Crippen molar-refractivity contribution in [2.24, 2.45) is 13.0 Å². The van der Waals surface area contributed by atoms with E-state index in [4.69, 9.17) is 4.74 Å². The maximum atomic E-state index is 13.6. The molecule has 5 rings (SSSR count). The highest BCUT2D eigenvalue weighted by atomic mass is 32.2. The zero-order chi connectivity index (χ0) is 27.6. The number of ether oxygens (including phenoxy) is 1. The van der Waals surface area contributed by atoms with Crippen molar-refractivity contribution >= 4 is 21.7 Å². The molecule has 8 nitrogen and oxygen atoms in total. The molecule has 0 spiro atoms. The van der Waals surface area contributed by atoms with Gasteiger partial charge in [0.25, 0.3) is 10.0 Å². The quantitative estimate of drug-likeness (QED) is 0.299. The van der Waals surface area contributed by atoms with Crippen LogP contribution in [0.5, 0.6) is 0 Å². The first-order chi connectivity index (χ1) is 18.7. The van der Waals surface area contributed by atoms with Gasteiger partial charge in [-0.2, -0.15) is 8.42 Å². The van der Waals surface area contributed by atoms with Crippen molar-refractivity contribution in [3.8, 4) is 0 Å². The molecule has 3 aromatic rings. The lowest BCUT2D eigenvalue weighted by Crippen LogP contribution is -2.42. The number of carbonyl (C=O) groups is 1. The van der Waals surface area contributed by atoms with E-state index in [-0.39, 0.29) is 29.0 Å². The summed E-state index contributed by atoms with van der Waals surface area (Å²) in [7, 11) is -2.17. The van der Waals surface area contributed by atoms with E-state index in [1.807, 2.05) is 24.3 Å². The van der Waals surface area contributed by atoms with Crippen molar-refractivity contribution in [2.45, 2.75) is 68.4 Å². The van der Waals surface area contributed by atoms with Crippen LogP contribution in [0.15, 0.2) is 83.5 Å². The van der Waals surface area contributed by atoms with E-state index in [0.717, 1.165) is 31.2 Å². The highest BCUT2D eigenvalue weighted by Gasteiger charge is 2.47. The fourth-order valence-corrected chi connectivity index (χ4v) is 6.66. The van der Waals surface area contributed by atoms with Gasteiger partial charge in [-0.15, -0.1) is 0 Å². The molecule has 206 valence electrons. The van der Waals surface area contributed by atoms with Gasteiger partial charge in [0, 0.05) is 31.3 Å². The van der Waals surface area contributed by atoms with Crippen LogP contribution in [0.25, 0.3) is 0 Å². The van der Waals surface area contributed by atoms with E-state index in [0.29, 0.717) is 24.1 Å². The molecule has 0 saturated heterocycles. The lowest BCUT2D eigenvalue weighted by molar-refractivity contribution is -0.161. The molecular formula is C30H35N3O5S. The average molecular weight is 550 g/mol. The summed E-state index contributed by atoms with van der Waals surface area (Å²) in [5, 5.41) is 11.3. The second-order valence-electron chi connectivity index (χ2n) is 10.8. The van der Waals surface area contributed by atoms with Gasteiger partial charge in [-0.25, -0.2) is 9.78 Å². The molecule has 1 aliphatic heterocycles. The standard InChI is InChI=1S/C30H35N3O5S/c1-3-15-30(16-14-21-8-5-4-6-9-21)18-25(34)28(29(35)38-30)27(22-12-13-22)23-10-7-11-24(17-23)32-39(36,37)26-19-33(2)20-31-26/h4-11,17,19-20,22,27,32,34H,3,12-16,18H2,1-2H3. The van der Waals surface area contributed by atoms with Crippen molar-refractivity contribution in [1.82, 2.24) is 9.55 Å². The number of aliphatic hydroxyl groups is 1. The molecule has 2 atom stereocenters. The Balaban J connectivity index is 1.42. The molecule has 1 saturated carbocycles. The van der Waals surface area contributed by atoms with E-state index in [9.17, 15) is 18.3 Å². The summed E-state index contributed by atoms with van der Waals surface area (Å²) in [6.45, 7) is 2.05. The number of cyclic esters (lactones) is 1. The largest absolute Gasteiger partial charge is 0.512 e. The van der Waals surface area contributed by atoms with Crippen molar-refractivity contribution in [3.05, 3.63) is 89.6 Å². The molecule has 1 aliphatic carbocycles. The van der Waals surface area contributed by atoms with Crippen LogP contribution in [0.1, 0.15) is 62.5 Å². The summed E-state index contributed by atoms with van der Waals surface area (Å²) in [6.07, 6.45) is 7.87. The third kappa shape index (κ3) is 6.03. The number of benzene rings is 2.